The number of methoxy groups -OCH3 is 1. The van der Waals surface area contributed by atoms with Crippen molar-refractivity contribution in [3.63, 3.8) is 0 Å². The Labute approximate surface area is 106 Å². The predicted octanol–water partition coefficient (Wildman–Crippen LogP) is 3.48. The van der Waals surface area contributed by atoms with Crippen molar-refractivity contribution in [1.29, 1.82) is 5.26 Å². The summed E-state index contributed by atoms with van der Waals surface area (Å²) in [5, 5.41) is 10.5. The van der Waals surface area contributed by atoms with E-state index in [0.717, 1.165) is 33.5 Å². The van der Waals surface area contributed by atoms with Crippen molar-refractivity contribution in [3.05, 3.63) is 29.0 Å². The van der Waals surface area contributed by atoms with E-state index in [2.05, 4.69) is 18.0 Å². The number of ether oxygens (including phenoxy) is 1. The number of H-pyrrole nitrogens is 1. The Kier molecular flexibility index (Phi) is 2.34. The first-order valence-electron chi connectivity index (χ1n) is 6.26. The van der Waals surface area contributed by atoms with Gasteiger partial charge in [-0.05, 0) is 30.9 Å². The Morgan fingerprint density at radius 1 is 1.44 bits per heavy atom. The van der Waals surface area contributed by atoms with Crippen molar-refractivity contribution >= 4 is 10.9 Å². The van der Waals surface area contributed by atoms with Gasteiger partial charge in [-0.3, -0.25) is 0 Å². The van der Waals surface area contributed by atoms with Crippen LogP contribution in [-0.2, 0) is 0 Å². The van der Waals surface area contributed by atoms with E-state index >= 15 is 0 Å². The second-order valence-corrected chi connectivity index (χ2v) is 5.18. The molecule has 92 valence electrons. The molecule has 1 fully saturated rings. The first kappa shape index (κ1) is 11.2. The summed E-state index contributed by atoms with van der Waals surface area (Å²) in [4.78, 5) is 3.42. The molecule has 3 nitrogen and oxygen atoms in total. The van der Waals surface area contributed by atoms with Crippen LogP contribution in [0, 0.1) is 24.2 Å². The van der Waals surface area contributed by atoms with Gasteiger partial charge in [-0.2, -0.15) is 5.26 Å². The number of nitrogens with one attached hydrogen (secondary N) is 1. The maximum Gasteiger partial charge on any atom is 0.142 e. The molecule has 1 aliphatic carbocycles. The summed E-state index contributed by atoms with van der Waals surface area (Å²) < 4.78 is 5.38. The molecule has 0 radical (unpaired) electrons. The molecular formula is C15H16N2O. The molecule has 2 unspecified atom stereocenters. The Balaban J connectivity index is 2.33. The van der Waals surface area contributed by atoms with E-state index in [1.807, 2.05) is 19.1 Å². The summed E-state index contributed by atoms with van der Waals surface area (Å²) in [5.74, 6) is 2.00. The fourth-order valence-electron chi connectivity index (χ4n) is 2.75. The van der Waals surface area contributed by atoms with E-state index in [4.69, 9.17) is 4.74 Å². The lowest BCUT2D eigenvalue weighted by atomic mass is 10.0. The number of hydrogen-bond donors (Lipinski definition) is 1. The van der Waals surface area contributed by atoms with Gasteiger partial charge in [0.05, 0.1) is 18.2 Å². The molecule has 2 aromatic rings. The molecule has 1 aromatic carbocycles. The largest absolute Gasteiger partial charge is 0.495 e. The van der Waals surface area contributed by atoms with Crippen LogP contribution in [0.4, 0.5) is 0 Å². The van der Waals surface area contributed by atoms with E-state index in [1.54, 1.807) is 7.11 Å². The van der Waals surface area contributed by atoms with Crippen molar-refractivity contribution in [2.75, 3.05) is 7.11 Å². The molecular weight excluding hydrogens is 224 g/mol. The van der Waals surface area contributed by atoms with Crippen molar-refractivity contribution in [2.45, 2.75) is 26.2 Å². The van der Waals surface area contributed by atoms with E-state index in [1.165, 1.54) is 6.42 Å². The zero-order chi connectivity index (χ0) is 12.9. The molecule has 0 spiro atoms. The molecule has 18 heavy (non-hydrogen) atoms. The number of nitriles is 1. The van der Waals surface area contributed by atoms with E-state index in [0.29, 0.717) is 11.8 Å². The predicted molar refractivity (Wildman–Crippen MR) is 70.8 cm³/mol. The second kappa shape index (κ2) is 3.78. The minimum atomic E-state index is 0.510. The van der Waals surface area contributed by atoms with Crippen molar-refractivity contribution < 1.29 is 4.74 Å². The Morgan fingerprint density at radius 3 is 2.72 bits per heavy atom. The zero-order valence-corrected chi connectivity index (χ0v) is 10.9. The van der Waals surface area contributed by atoms with Gasteiger partial charge in [-0.15, -0.1) is 0 Å². The van der Waals surface area contributed by atoms with Crippen LogP contribution in [0.3, 0.4) is 0 Å². The van der Waals surface area contributed by atoms with Crippen LogP contribution in [0.1, 0.15) is 36.1 Å². The van der Waals surface area contributed by atoms with Gasteiger partial charge >= 0.3 is 0 Å². The van der Waals surface area contributed by atoms with Gasteiger partial charge in [-0.25, -0.2) is 0 Å². The second-order valence-electron chi connectivity index (χ2n) is 5.18. The number of aryl methyl sites for hydroxylation is 1. The summed E-state index contributed by atoms with van der Waals surface area (Å²) in [5.41, 5.74) is 3.98. The molecule has 1 heterocycles. The average molecular weight is 240 g/mol. The van der Waals surface area contributed by atoms with E-state index in [-0.39, 0.29) is 0 Å². The third kappa shape index (κ3) is 1.42. The maximum absolute atomic E-state index is 9.45. The first-order valence-corrected chi connectivity index (χ1v) is 6.26. The van der Waals surface area contributed by atoms with Gasteiger partial charge in [0.2, 0.25) is 0 Å². The lowest BCUT2D eigenvalue weighted by Crippen LogP contribution is -1.85. The van der Waals surface area contributed by atoms with Crippen molar-refractivity contribution in [3.8, 4) is 11.8 Å². The highest BCUT2D eigenvalue weighted by molar-refractivity contribution is 5.94. The van der Waals surface area contributed by atoms with E-state index in [9.17, 15) is 5.26 Å². The highest BCUT2D eigenvalue weighted by Crippen LogP contribution is 2.49. The van der Waals surface area contributed by atoms with Crippen molar-refractivity contribution in [2.24, 2.45) is 5.92 Å². The van der Waals surface area contributed by atoms with Crippen molar-refractivity contribution in [1.82, 2.24) is 4.98 Å². The minimum Gasteiger partial charge on any atom is -0.495 e. The minimum absolute atomic E-state index is 0.510. The number of aromatic amines is 1. The quantitative estimate of drug-likeness (QED) is 0.873. The molecule has 1 aromatic heterocycles. The number of aromatic nitrogens is 1. The fourth-order valence-corrected chi connectivity index (χ4v) is 2.75. The van der Waals surface area contributed by atoms with Gasteiger partial charge in [-0.1, -0.05) is 13.0 Å². The molecule has 1 aliphatic rings. The molecule has 1 N–H and O–H groups in total. The lowest BCUT2D eigenvalue weighted by molar-refractivity contribution is 0.419. The van der Waals surface area contributed by atoms with Gasteiger partial charge in [0.1, 0.15) is 11.8 Å². The summed E-state index contributed by atoms with van der Waals surface area (Å²) >= 11 is 0. The number of fused-ring (bicyclic) bond motifs is 1. The topological polar surface area (TPSA) is 48.8 Å². The van der Waals surface area contributed by atoms with Gasteiger partial charge in [0, 0.05) is 17.0 Å². The standard InChI is InChI=1S/C15H16N2O/c1-8-4-5-12(18-3)15-13(8)11(7-16)14(17-15)10-6-9(10)2/h4-5,9-10,17H,6H2,1-3H3. The SMILES string of the molecule is COc1ccc(C)c2c(C#N)c(C3CC3C)[nH]c12. The average Bonchev–Trinajstić information content (AvgIpc) is 2.96. The first-order chi connectivity index (χ1) is 8.67. The van der Waals surface area contributed by atoms with Gasteiger partial charge in [0.15, 0.2) is 0 Å². The van der Waals surface area contributed by atoms with Crippen LogP contribution >= 0.6 is 0 Å². The number of nitrogens with zero attached hydrogens (tertiary/aromatic N) is 1. The summed E-state index contributed by atoms with van der Waals surface area (Å²) in [6.07, 6.45) is 1.17. The highest BCUT2D eigenvalue weighted by Gasteiger charge is 2.38. The zero-order valence-electron chi connectivity index (χ0n) is 10.9. The Hall–Kier alpha value is -1.95. The molecule has 3 rings (SSSR count). The maximum atomic E-state index is 9.45. The van der Waals surface area contributed by atoms with Crippen LogP contribution in [0.5, 0.6) is 5.75 Å². The summed E-state index contributed by atoms with van der Waals surface area (Å²) in [6, 6.07) is 6.33. The smallest absolute Gasteiger partial charge is 0.142 e. The number of rotatable bonds is 2. The normalized spacial score (nSPS) is 21.9. The number of hydrogen-bond acceptors (Lipinski definition) is 2. The lowest BCUT2D eigenvalue weighted by Gasteiger charge is -2.03. The van der Waals surface area contributed by atoms with E-state index < -0.39 is 0 Å². The van der Waals surface area contributed by atoms with Crippen LogP contribution < -0.4 is 4.74 Å². The molecule has 0 bridgehead atoms. The van der Waals surface area contributed by atoms with Crippen LogP contribution in [-0.4, -0.2) is 12.1 Å². The molecule has 2 atom stereocenters. The molecule has 0 aliphatic heterocycles. The van der Waals surface area contributed by atoms with Gasteiger partial charge in [0.25, 0.3) is 0 Å². The Morgan fingerprint density at radius 2 is 2.17 bits per heavy atom. The van der Waals surface area contributed by atoms with Crippen LogP contribution in [0.15, 0.2) is 12.1 Å². The Bertz CT molecular complexity index is 663. The molecule has 0 amide bonds. The monoisotopic (exact) mass is 240 g/mol. The number of benzene rings is 1. The fraction of sp³-hybridized carbons (Fsp3) is 0.400. The van der Waals surface area contributed by atoms with Gasteiger partial charge < -0.3 is 9.72 Å². The highest BCUT2D eigenvalue weighted by atomic mass is 16.5. The molecule has 0 saturated heterocycles. The molecule has 1 saturated carbocycles. The molecule has 3 heteroatoms. The third-order valence-electron chi connectivity index (χ3n) is 3.97. The van der Waals surface area contributed by atoms with Crippen LogP contribution in [0.25, 0.3) is 10.9 Å². The summed E-state index contributed by atoms with van der Waals surface area (Å²) in [6.45, 7) is 4.26. The summed E-state index contributed by atoms with van der Waals surface area (Å²) in [7, 11) is 1.66. The third-order valence-corrected chi connectivity index (χ3v) is 3.97. The van der Waals surface area contributed by atoms with Crippen LogP contribution in [0.2, 0.25) is 0 Å².